The highest BCUT2D eigenvalue weighted by molar-refractivity contribution is 7.67. The molecule has 0 heterocycles. The molecule has 1 unspecified atom stereocenters. The van der Waals surface area contributed by atoms with Crippen molar-refractivity contribution in [3.63, 3.8) is 0 Å². The first-order valence-corrected chi connectivity index (χ1v) is 4.55. The topological polar surface area (TPSA) is 55.7 Å². The summed E-state index contributed by atoms with van der Waals surface area (Å²) in [5.41, 5.74) is 0. The summed E-state index contributed by atoms with van der Waals surface area (Å²) in [6, 6.07) is -0.0807. The molecule has 1 atom stereocenters. The molecule has 0 bridgehead atoms. The summed E-state index contributed by atoms with van der Waals surface area (Å²) in [6.07, 6.45) is 2.60. The summed E-state index contributed by atoms with van der Waals surface area (Å²) in [4.78, 5) is 4.00. The molecular weight excluding hydrogens is 166 g/mol. The van der Waals surface area contributed by atoms with E-state index in [0.29, 0.717) is 0 Å². The Morgan fingerprint density at radius 3 is 2.73 bits per heavy atom. The molecule has 0 saturated heterocycles. The Kier molecular flexibility index (Phi) is 6.06. The van der Waals surface area contributed by atoms with Crippen LogP contribution in [0.4, 0.5) is 0 Å². The molecule has 0 radical (unpaired) electrons. The van der Waals surface area contributed by atoms with Crippen molar-refractivity contribution in [2.75, 3.05) is 6.61 Å². The second-order valence-electron chi connectivity index (χ2n) is 2.11. The maximum atomic E-state index is 9.94. The van der Waals surface area contributed by atoms with Crippen molar-refractivity contribution in [2.45, 2.75) is 26.3 Å². The highest BCUT2D eigenvalue weighted by atomic mass is 32.2. The van der Waals surface area contributed by atoms with Crippen molar-refractivity contribution in [1.82, 2.24) is 0 Å². The van der Waals surface area contributed by atoms with Crippen molar-refractivity contribution >= 4 is 17.2 Å². The zero-order valence-electron chi connectivity index (χ0n) is 6.69. The molecule has 0 fully saturated rings. The van der Waals surface area contributed by atoms with Crippen LogP contribution < -0.4 is 0 Å². The van der Waals surface area contributed by atoms with Crippen molar-refractivity contribution in [3.8, 4) is 0 Å². The number of hydrogen-bond donors (Lipinski definition) is 1. The molecule has 0 aromatic heterocycles. The third-order valence-corrected chi connectivity index (χ3v) is 1.32. The maximum absolute atomic E-state index is 9.94. The third kappa shape index (κ3) is 7.48. The lowest BCUT2D eigenvalue weighted by Gasteiger charge is -2.00. The molecule has 0 aliphatic carbocycles. The highest BCUT2D eigenvalue weighted by Crippen LogP contribution is 1.90. The van der Waals surface area contributed by atoms with E-state index in [4.69, 9.17) is 0 Å². The predicted octanol–water partition coefficient (Wildman–Crippen LogP) is 0.399. The van der Waals surface area contributed by atoms with Crippen LogP contribution in [0.3, 0.4) is 0 Å². The maximum Gasteiger partial charge on any atom is 0.257 e. The van der Waals surface area contributed by atoms with E-state index in [0.717, 1.165) is 6.42 Å². The second-order valence-corrected chi connectivity index (χ2v) is 2.81. The molecule has 0 aromatic carbocycles. The van der Waals surface area contributed by atoms with Crippen LogP contribution in [0.2, 0.25) is 0 Å². The first kappa shape index (κ1) is 10.6. The van der Waals surface area contributed by atoms with Crippen LogP contribution >= 0.6 is 0 Å². The predicted molar refractivity (Wildman–Crippen MR) is 44.5 cm³/mol. The number of aliphatic imine (C=N–C) groups is 1. The van der Waals surface area contributed by atoms with Gasteiger partial charge in [-0.3, -0.25) is 9.18 Å². The van der Waals surface area contributed by atoms with E-state index in [-0.39, 0.29) is 12.6 Å². The average Bonchev–Trinajstić information content (AvgIpc) is 1.97. The quantitative estimate of drug-likeness (QED) is 0.491. The van der Waals surface area contributed by atoms with Gasteiger partial charge in [0.25, 0.3) is 11.0 Å². The van der Waals surface area contributed by atoms with E-state index >= 15 is 0 Å². The molecule has 0 amide bonds. The van der Waals surface area contributed by atoms with Crippen LogP contribution in [0.25, 0.3) is 0 Å². The van der Waals surface area contributed by atoms with E-state index in [9.17, 15) is 8.42 Å². The van der Waals surface area contributed by atoms with Gasteiger partial charge in [-0.2, -0.15) is 0 Å². The molecule has 0 aromatic rings. The van der Waals surface area contributed by atoms with Crippen molar-refractivity contribution in [1.29, 1.82) is 0 Å². The fourth-order valence-corrected chi connectivity index (χ4v) is 0.835. The Bertz CT molecular complexity index is 180. The largest absolute Gasteiger partial charge is 0.292 e. The fourth-order valence-electron chi connectivity index (χ4n) is 0.497. The van der Waals surface area contributed by atoms with Gasteiger partial charge in [0.15, 0.2) is 0 Å². The molecule has 0 rings (SSSR count). The first-order valence-electron chi connectivity index (χ1n) is 3.45. The van der Waals surface area contributed by atoms with Crippen LogP contribution in [0.1, 0.15) is 20.3 Å². The minimum atomic E-state index is -2.72. The normalized spacial score (nSPS) is 14.5. The molecular formula is C6H13NO3S. The lowest BCUT2D eigenvalue weighted by atomic mass is 10.4. The number of rotatable bonds is 5. The Morgan fingerprint density at radius 2 is 2.27 bits per heavy atom. The molecule has 66 valence electrons. The van der Waals surface area contributed by atoms with Crippen LogP contribution in [-0.4, -0.2) is 27.3 Å². The lowest BCUT2D eigenvalue weighted by molar-refractivity contribution is 0.313. The summed E-state index contributed by atoms with van der Waals surface area (Å²) in [6.45, 7) is 3.89. The van der Waals surface area contributed by atoms with Gasteiger partial charge in [0.2, 0.25) is 0 Å². The smallest absolute Gasteiger partial charge is 0.257 e. The van der Waals surface area contributed by atoms with Crippen molar-refractivity contribution < 1.29 is 12.6 Å². The van der Waals surface area contributed by atoms with Crippen LogP contribution in [0, 0.1) is 0 Å². The minimum absolute atomic E-state index is 0.0807. The number of thiol groups is 1. The van der Waals surface area contributed by atoms with Gasteiger partial charge in [-0.15, -0.1) is 0 Å². The van der Waals surface area contributed by atoms with E-state index in [1.54, 1.807) is 13.1 Å². The van der Waals surface area contributed by atoms with Crippen molar-refractivity contribution in [2.24, 2.45) is 4.99 Å². The Balaban J connectivity index is 3.52. The molecule has 0 aliphatic rings. The standard InChI is InChI=1S/C6H13NO3S/c1-3-4-7-6(2)5-10-11(8)9/h4,6,11H,3,5H2,1-2H3. The number of nitrogens with zero attached hydrogens (tertiary/aromatic N) is 1. The van der Waals surface area contributed by atoms with E-state index in [1.165, 1.54) is 0 Å². The fraction of sp³-hybridized carbons (Fsp3) is 0.833. The van der Waals surface area contributed by atoms with Crippen LogP contribution in [0.15, 0.2) is 4.99 Å². The number of hydrogen-bond acceptors (Lipinski definition) is 4. The summed E-state index contributed by atoms with van der Waals surface area (Å²) in [5.74, 6) is 0. The van der Waals surface area contributed by atoms with Crippen LogP contribution in [-0.2, 0) is 15.2 Å². The molecule has 0 N–H and O–H groups in total. The van der Waals surface area contributed by atoms with Gasteiger partial charge in [0.05, 0.1) is 12.6 Å². The highest BCUT2D eigenvalue weighted by Gasteiger charge is 1.97. The van der Waals surface area contributed by atoms with Gasteiger partial charge >= 0.3 is 0 Å². The Labute approximate surface area is 68.4 Å². The van der Waals surface area contributed by atoms with Crippen LogP contribution in [0.5, 0.6) is 0 Å². The first-order chi connectivity index (χ1) is 5.16. The Morgan fingerprint density at radius 1 is 1.64 bits per heavy atom. The zero-order valence-corrected chi connectivity index (χ0v) is 7.58. The van der Waals surface area contributed by atoms with Gasteiger partial charge in [0, 0.05) is 0 Å². The minimum Gasteiger partial charge on any atom is -0.292 e. The third-order valence-electron chi connectivity index (χ3n) is 0.964. The summed E-state index contributed by atoms with van der Waals surface area (Å²) >= 11 is 0. The summed E-state index contributed by atoms with van der Waals surface area (Å²) in [7, 11) is -2.72. The molecule has 0 spiro atoms. The average molecular weight is 179 g/mol. The zero-order chi connectivity index (χ0) is 8.69. The SMILES string of the molecule is CCC=NC(C)CO[SH](=O)=O. The summed E-state index contributed by atoms with van der Waals surface area (Å²) < 4.78 is 24.2. The Hall–Kier alpha value is -0.420. The monoisotopic (exact) mass is 179 g/mol. The van der Waals surface area contributed by atoms with Gasteiger partial charge in [0.1, 0.15) is 0 Å². The van der Waals surface area contributed by atoms with Gasteiger partial charge in [-0.25, -0.2) is 8.42 Å². The van der Waals surface area contributed by atoms with E-state index in [1.807, 2.05) is 6.92 Å². The molecule has 4 nitrogen and oxygen atoms in total. The molecule has 11 heavy (non-hydrogen) atoms. The van der Waals surface area contributed by atoms with E-state index in [2.05, 4.69) is 9.18 Å². The molecule has 0 aliphatic heterocycles. The van der Waals surface area contributed by atoms with Gasteiger partial charge in [-0.1, -0.05) is 6.92 Å². The summed E-state index contributed by atoms with van der Waals surface area (Å²) in [5, 5.41) is 0. The molecule has 5 heteroatoms. The van der Waals surface area contributed by atoms with Gasteiger partial charge in [-0.05, 0) is 19.6 Å². The van der Waals surface area contributed by atoms with E-state index < -0.39 is 11.0 Å². The van der Waals surface area contributed by atoms with Crippen molar-refractivity contribution in [3.05, 3.63) is 0 Å². The lowest BCUT2D eigenvalue weighted by Crippen LogP contribution is -2.08. The van der Waals surface area contributed by atoms with Gasteiger partial charge < -0.3 is 0 Å². The second kappa shape index (κ2) is 6.30. The molecule has 0 saturated carbocycles.